The van der Waals surface area contributed by atoms with E-state index in [1.807, 2.05) is 10.7 Å². The normalized spacial score (nSPS) is 10.8. The standard InChI is InChI=1S/C21H39S2/c22-20-18-16-14-12-10-8-6-4-2-1-3-5-7-9-11-13-15-17-19-21-23/h1,20-21H,2-19H2. The maximum Gasteiger partial charge on any atom is -0.0210 e. The summed E-state index contributed by atoms with van der Waals surface area (Å²) in [6.07, 6.45) is 26.9. The van der Waals surface area contributed by atoms with E-state index in [4.69, 9.17) is 24.4 Å². The highest BCUT2D eigenvalue weighted by molar-refractivity contribution is 7.79. The van der Waals surface area contributed by atoms with E-state index in [0.29, 0.717) is 0 Å². The summed E-state index contributed by atoms with van der Waals surface area (Å²) in [6.45, 7) is 0. The third kappa shape index (κ3) is 22.2. The van der Waals surface area contributed by atoms with Crippen molar-refractivity contribution in [3.63, 3.8) is 0 Å². The van der Waals surface area contributed by atoms with Gasteiger partial charge in [-0.2, -0.15) is 0 Å². The zero-order chi connectivity index (χ0) is 16.8. The number of hydrogen-bond donors (Lipinski definition) is 0. The molecular formula is C21H39S2. The van der Waals surface area contributed by atoms with Crippen LogP contribution in [0.3, 0.4) is 0 Å². The van der Waals surface area contributed by atoms with Crippen molar-refractivity contribution in [1.29, 1.82) is 0 Å². The summed E-state index contributed by atoms with van der Waals surface area (Å²) in [4.78, 5) is 0. The van der Waals surface area contributed by atoms with E-state index in [2.05, 4.69) is 6.42 Å². The van der Waals surface area contributed by atoms with Gasteiger partial charge in [0.25, 0.3) is 0 Å². The van der Waals surface area contributed by atoms with Gasteiger partial charge in [-0.05, 0) is 42.8 Å². The van der Waals surface area contributed by atoms with Crippen LogP contribution in [0.1, 0.15) is 116 Å². The molecule has 0 aromatic carbocycles. The van der Waals surface area contributed by atoms with Crippen LogP contribution in [0.25, 0.3) is 0 Å². The van der Waals surface area contributed by atoms with E-state index in [9.17, 15) is 0 Å². The SMILES string of the molecule is S=CCCCCCCCCC[CH]CCCCCCCCCC=S. The summed E-state index contributed by atoms with van der Waals surface area (Å²) in [6, 6.07) is 0. The van der Waals surface area contributed by atoms with Crippen LogP contribution in [0, 0.1) is 6.42 Å². The molecular weight excluding hydrogens is 316 g/mol. The topological polar surface area (TPSA) is 0 Å². The van der Waals surface area contributed by atoms with Crippen molar-refractivity contribution < 1.29 is 0 Å². The van der Waals surface area contributed by atoms with Crippen molar-refractivity contribution in [2.75, 3.05) is 0 Å². The average molecular weight is 356 g/mol. The summed E-state index contributed by atoms with van der Waals surface area (Å²) in [5.74, 6) is 0. The van der Waals surface area contributed by atoms with E-state index in [1.54, 1.807) is 0 Å². The van der Waals surface area contributed by atoms with Crippen molar-refractivity contribution in [3.8, 4) is 0 Å². The molecule has 0 aliphatic rings. The van der Waals surface area contributed by atoms with Crippen LogP contribution in [0.4, 0.5) is 0 Å². The van der Waals surface area contributed by atoms with E-state index < -0.39 is 0 Å². The van der Waals surface area contributed by atoms with Gasteiger partial charge in [-0.15, -0.1) is 0 Å². The number of rotatable bonds is 20. The van der Waals surface area contributed by atoms with Crippen LogP contribution in [0.5, 0.6) is 0 Å². The summed E-state index contributed by atoms with van der Waals surface area (Å²) >= 11 is 9.68. The second kappa shape index (κ2) is 22.2. The summed E-state index contributed by atoms with van der Waals surface area (Å²) < 4.78 is 0. The van der Waals surface area contributed by atoms with Crippen LogP contribution in [-0.2, 0) is 0 Å². The Morgan fingerprint density at radius 2 is 0.609 bits per heavy atom. The monoisotopic (exact) mass is 355 g/mol. The van der Waals surface area contributed by atoms with Crippen LogP contribution >= 0.6 is 24.4 Å². The predicted octanol–water partition coefficient (Wildman–Crippen LogP) is 8.21. The zero-order valence-electron chi connectivity index (χ0n) is 15.3. The first-order valence-electron chi connectivity index (χ1n) is 10.1. The van der Waals surface area contributed by atoms with Gasteiger partial charge in [0.1, 0.15) is 0 Å². The lowest BCUT2D eigenvalue weighted by Gasteiger charge is -2.03. The summed E-state index contributed by atoms with van der Waals surface area (Å²) in [5.41, 5.74) is 0. The van der Waals surface area contributed by atoms with Gasteiger partial charge in [-0.3, -0.25) is 0 Å². The Labute approximate surface area is 157 Å². The molecule has 0 saturated carbocycles. The Bertz CT molecular complexity index is 214. The van der Waals surface area contributed by atoms with Crippen molar-refractivity contribution >= 4 is 35.2 Å². The maximum absolute atomic E-state index is 4.84. The Kier molecular flexibility index (Phi) is 22.4. The van der Waals surface area contributed by atoms with E-state index in [0.717, 1.165) is 12.8 Å². The Morgan fingerprint density at radius 3 is 0.913 bits per heavy atom. The minimum absolute atomic E-state index is 1.12. The fourth-order valence-corrected chi connectivity index (χ4v) is 3.28. The molecule has 0 atom stereocenters. The number of hydrogen-bond acceptors (Lipinski definition) is 2. The van der Waals surface area contributed by atoms with Gasteiger partial charge in [-0.1, -0.05) is 114 Å². The molecule has 0 aliphatic heterocycles. The van der Waals surface area contributed by atoms with Crippen molar-refractivity contribution in [1.82, 2.24) is 0 Å². The van der Waals surface area contributed by atoms with E-state index >= 15 is 0 Å². The molecule has 0 spiro atoms. The van der Waals surface area contributed by atoms with Gasteiger partial charge in [0, 0.05) is 0 Å². The Hall–Kier alpha value is 0.180. The van der Waals surface area contributed by atoms with E-state index in [-0.39, 0.29) is 0 Å². The van der Waals surface area contributed by atoms with Gasteiger partial charge >= 0.3 is 0 Å². The van der Waals surface area contributed by atoms with Gasteiger partial charge in [0.2, 0.25) is 0 Å². The first kappa shape index (κ1) is 23.2. The van der Waals surface area contributed by atoms with Crippen molar-refractivity contribution in [2.45, 2.75) is 116 Å². The molecule has 0 aliphatic carbocycles. The quantitative estimate of drug-likeness (QED) is 0.159. The lowest BCUT2D eigenvalue weighted by Crippen LogP contribution is -1.84. The second-order valence-electron chi connectivity index (χ2n) is 6.73. The molecule has 0 rings (SSSR count). The molecule has 0 fully saturated rings. The molecule has 0 heterocycles. The van der Waals surface area contributed by atoms with Crippen molar-refractivity contribution in [2.24, 2.45) is 0 Å². The Morgan fingerprint density at radius 1 is 0.348 bits per heavy atom. The van der Waals surface area contributed by atoms with Crippen LogP contribution in [0.15, 0.2) is 0 Å². The smallest absolute Gasteiger partial charge is 0.0210 e. The summed E-state index contributed by atoms with van der Waals surface area (Å²) in [7, 11) is 0. The molecule has 1 radical (unpaired) electrons. The molecule has 0 unspecified atom stereocenters. The zero-order valence-corrected chi connectivity index (χ0v) is 16.9. The molecule has 2 heteroatoms. The minimum atomic E-state index is 1.12. The van der Waals surface area contributed by atoms with Crippen molar-refractivity contribution in [3.05, 3.63) is 6.42 Å². The lowest BCUT2D eigenvalue weighted by molar-refractivity contribution is 0.565. The molecule has 0 aromatic heterocycles. The average Bonchev–Trinajstić information content (AvgIpc) is 2.57. The fraction of sp³-hybridized carbons (Fsp3) is 0.857. The minimum Gasteiger partial charge on any atom is -0.0935 e. The molecule has 0 bridgehead atoms. The number of unbranched alkanes of at least 4 members (excludes halogenated alkanes) is 18. The van der Waals surface area contributed by atoms with E-state index in [1.165, 1.54) is 103 Å². The van der Waals surface area contributed by atoms with Crippen LogP contribution < -0.4 is 0 Å². The molecule has 0 saturated heterocycles. The molecule has 0 aromatic rings. The highest BCUT2D eigenvalue weighted by Crippen LogP contribution is 2.13. The van der Waals surface area contributed by atoms with Crippen LogP contribution in [-0.4, -0.2) is 10.7 Å². The first-order valence-corrected chi connectivity index (χ1v) is 11.0. The van der Waals surface area contributed by atoms with Crippen LogP contribution in [0.2, 0.25) is 0 Å². The predicted molar refractivity (Wildman–Crippen MR) is 115 cm³/mol. The number of thiocarbonyl (C=S) groups is 2. The maximum atomic E-state index is 4.84. The molecule has 0 N–H and O–H groups in total. The second-order valence-corrected chi connectivity index (χ2v) is 7.39. The Balaban J connectivity index is 2.94. The largest absolute Gasteiger partial charge is 0.0935 e. The fourth-order valence-electron chi connectivity index (χ4n) is 2.94. The van der Waals surface area contributed by atoms with Gasteiger partial charge in [-0.25, -0.2) is 0 Å². The van der Waals surface area contributed by atoms with Gasteiger partial charge < -0.3 is 0 Å². The molecule has 135 valence electrons. The molecule has 0 nitrogen and oxygen atoms in total. The lowest BCUT2D eigenvalue weighted by atomic mass is 10.0. The molecule has 23 heavy (non-hydrogen) atoms. The van der Waals surface area contributed by atoms with Gasteiger partial charge in [0.15, 0.2) is 0 Å². The molecule has 0 amide bonds. The van der Waals surface area contributed by atoms with Gasteiger partial charge in [0.05, 0.1) is 0 Å². The highest BCUT2D eigenvalue weighted by Gasteiger charge is 1.95. The third-order valence-electron chi connectivity index (χ3n) is 4.46. The first-order chi connectivity index (χ1) is 11.4. The highest BCUT2D eigenvalue weighted by atomic mass is 32.1. The summed E-state index contributed by atoms with van der Waals surface area (Å²) in [5, 5.41) is 3.75. The third-order valence-corrected chi connectivity index (χ3v) is 4.93.